The second-order valence-electron chi connectivity index (χ2n) is 6.27. The maximum atomic E-state index is 12.0. The molecule has 0 spiro atoms. The Morgan fingerprint density at radius 1 is 1.12 bits per heavy atom. The lowest BCUT2D eigenvalue weighted by molar-refractivity contribution is -0.869. The first-order valence-electron chi connectivity index (χ1n) is 6.62. The molecule has 0 aliphatic carbocycles. The van der Waals surface area contributed by atoms with Gasteiger partial charge in [-0.25, -0.2) is 0 Å². The van der Waals surface area contributed by atoms with Gasteiger partial charge in [-0.3, -0.25) is 9.69 Å². The maximum Gasteiger partial charge on any atom is 0.228 e. The quantitative estimate of drug-likeness (QED) is 0.675. The zero-order valence-electron chi connectivity index (χ0n) is 12.1. The lowest BCUT2D eigenvalue weighted by Gasteiger charge is -2.37. The van der Waals surface area contributed by atoms with Crippen molar-refractivity contribution in [1.82, 2.24) is 9.80 Å². The van der Waals surface area contributed by atoms with Crippen LogP contribution in [0.4, 0.5) is 0 Å². The fourth-order valence-electron chi connectivity index (χ4n) is 2.08. The molecule has 0 N–H and O–H groups in total. The third-order valence-electron chi connectivity index (χ3n) is 3.39. The summed E-state index contributed by atoms with van der Waals surface area (Å²) in [5.74, 6) is 0.321. The Labute approximate surface area is 106 Å². The molecular weight excluding hydrogens is 214 g/mol. The molecule has 1 saturated heterocycles. The molecule has 0 unspecified atom stereocenters. The van der Waals surface area contributed by atoms with Crippen molar-refractivity contribution in [3.05, 3.63) is 0 Å². The Hall–Kier alpha value is -0.610. The van der Waals surface area contributed by atoms with Gasteiger partial charge in [0.2, 0.25) is 5.91 Å². The molecule has 1 fully saturated rings. The Balaban J connectivity index is 2.31. The van der Waals surface area contributed by atoms with Gasteiger partial charge in [0, 0.05) is 32.2 Å². The molecule has 100 valence electrons. The minimum atomic E-state index is 0.321. The Morgan fingerprint density at radius 3 is 2.06 bits per heavy atom. The number of carbonyl (C=O) groups is 1. The van der Waals surface area contributed by atoms with Crippen molar-refractivity contribution < 1.29 is 9.28 Å². The highest BCUT2D eigenvalue weighted by Crippen LogP contribution is 2.07. The van der Waals surface area contributed by atoms with Crippen LogP contribution in [0.15, 0.2) is 0 Å². The third-order valence-corrected chi connectivity index (χ3v) is 3.39. The van der Waals surface area contributed by atoms with E-state index in [1.165, 1.54) is 0 Å². The second kappa shape index (κ2) is 5.83. The van der Waals surface area contributed by atoms with Crippen LogP contribution >= 0.6 is 0 Å². The van der Waals surface area contributed by atoms with Crippen LogP contribution in [0.25, 0.3) is 0 Å². The summed E-state index contributed by atoms with van der Waals surface area (Å²) < 4.78 is 0.859. The molecule has 17 heavy (non-hydrogen) atoms. The van der Waals surface area contributed by atoms with Crippen LogP contribution in [0.1, 0.15) is 20.3 Å². The maximum absolute atomic E-state index is 12.0. The molecule has 0 aromatic carbocycles. The van der Waals surface area contributed by atoms with Crippen molar-refractivity contribution >= 4 is 5.91 Å². The Morgan fingerprint density at radius 2 is 1.65 bits per heavy atom. The van der Waals surface area contributed by atoms with E-state index in [9.17, 15) is 4.79 Å². The molecule has 4 heteroatoms. The first-order valence-corrected chi connectivity index (χ1v) is 6.62. The summed E-state index contributed by atoms with van der Waals surface area (Å²) in [6.07, 6.45) is 0.672. The smallest absolute Gasteiger partial charge is 0.228 e. The van der Waals surface area contributed by atoms with Crippen molar-refractivity contribution in [3.8, 4) is 0 Å². The fraction of sp³-hybridized carbons (Fsp3) is 0.923. The monoisotopic (exact) mass is 242 g/mol. The van der Waals surface area contributed by atoms with E-state index >= 15 is 0 Å². The standard InChI is InChI=1S/C13H28N3O/c1-12(2)14-7-9-15(10-8-14)13(17)6-11-16(3,4)5/h12H,6-11H2,1-5H3/q+1. The first kappa shape index (κ1) is 14.5. The van der Waals surface area contributed by atoms with E-state index in [-0.39, 0.29) is 0 Å². The average Bonchev–Trinajstić information content (AvgIpc) is 2.25. The van der Waals surface area contributed by atoms with Crippen LogP contribution in [-0.2, 0) is 4.79 Å². The van der Waals surface area contributed by atoms with Gasteiger partial charge in [-0.1, -0.05) is 0 Å². The molecule has 1 rings (SSSR count). The van der Waals surface area contributed by atoms with Crippen LogP contribution in [0.5, 0.6) is 0 Å². The van der Waals surface area contributed by atoms with Crippen LogP contribution in [0.3, 0.4) is 0 Å². The van der Waals surface area contributed by atoms with Gasteiger partial charge in [0.1, 0.15) is 0 Å². The molecule has 1 aliphatic rings. The molecule has 0 bridgehead atoms. The number of hydrogen-bond donors (Lipinski definition) is 0. The van der Waals surface area contributed by atoms with Crippen LogP contribution in [-0.4, -0.2) is 80.1 Å². The first-order chi connectivity index (χ1) is 7.79. The van der Waals surface area contributed by atoms with Gasteiger partial charge in [0.05, 0.1) is 34.1 Å². The Bertz CT molecular complexity index is 250. The van der Waals surface area contributed by atoms with Crippen LogP contribution in [0, 0.1) is 0 Å². The van der Waals surface area contributed by atoms with Crippen LogP contribution < -0.4 is 0 Å². The van der Waals surface area contributed by atoms with E-state index in [1.54, 1.807) is 0 Å². The minimum Gasteiger partial charge on any atom is -0.340 e. The largest absolute Gasteiger partial charge is 0.340 e. The molecule has 1 amide bonds. The Kier molecular flexibility index (Phi) is 4.95. The lowest BCUT2D eigenvalue weighted by atomic mass is 10.2. The van der Waals surface area contributed by atoms with Crippen molar-refractivity contribution in [2.45, 2.75) is 26.3 Å². The van der Waals surface area contributed by atoms with Gasteiger partial charge in [0.15, 0.2) is 0 Å². The molecule has 0 saturated carbocycles. The third kappa shape index (κ3) is 5.04. The van der Waals surface area contributed by atoms with Gasteiger partial charge in [-0.2, -0.15) is 0 Å². The van der Waals surface area contributed by atoms with E-state index in [2.05, 4.69) is 39.9 Å². The molecule has 0 radical (unpaired) electrons. The highest BCUT2D eigenvalue weighted by atomic mass is 16.2. The summed E-state index contributed by atoms with van der Waals surface area (Å²) in [5.41, 5.74) is 0. The van der Waals surface area contributed by atoms with E-state index in [0.29, 0.717) is 18.4 Å². The summed E-state index contributed by atoms with van der Waals surface area (Å²) in [6, 6.07) is 0.596. The zero-order chi connectivity index (χ0) is 13.1. The molecular formula is C13H28N3O+. The molecule has 4 nitrogen and oxygen atoms in total. The molecule has 0 aromatic rings. The van der Waals surface area contributed by atoms with Crippen LogP contribution in [0.2, 0.25) is 0 Å². The SMILES string of the molecule is CC(C)N1CCN(C(=O)CC[N+](C)(C)C)CC1. The fourth-order valence-corrected chi connectivity index (χ4v) is 2.08. The number of piperazine rings is 1. The van der Waals surface area contributed by atoms with E-state index in [0.717, 1.165) is 37.2 Å². The molecule has 1 heterocycles. The van der Waals surface area contributed by atoms with Gasteiger partial charge < -0.3 is 9.38 Å². The highest BCUT2D eigenvalue weighted by molar-refractivity contribution is 5.76. The van der Waals surface area contributed by atoms with E-state index in [1.807, 2.05) is 4.90 Å². The summed E-state index contributed by atoms with van der Waals surface area (Å²) in [6.45, 7) is 9.19. The number of quaternary nitrogens is 1. The van der Waals surface area contributed by atoms with Gasteiger partial charge in [0.25, 0.3) is 0 Å². The van der Waals surface area contributed by atoms with E-state index in [4.69, 9.17) is 0 Å². The second-order valence-corrected chi connectivity index (χ2v) is 6.27. The molecule has 0 atom stereocenters. The summed E-state index contributed by atoms with van der Waals surface area (Å²) in [5, 5.41) is 0. The number of rotatable bonds is 4. The van der Waals surface area contributed by atoms with E-state index < -0.39 is 0 Å². The molecule has 1 aliphatic heterocycles. The zero-order valence-corrected chi connectivity index (χ0v) is 12.1. The minimum absolute atomic E-state index is 0.321. The normalized spacial score (nSPS) is 18.8. The summed E-state index contributed by atoms with van der Waals surface area (Å²) >= 11 is 0. The number of hydrogen-bond acceptors (Lipinski definition) is 2. The topological polar surface area (TPSA) is 23.6 Å². The number of carbonyl (C=O) groups excluding carboxylic acids is 1. The summed E-state index contributed by atoms with van der Waals surface area (Å²) in [4.78, 5) is 16.5. The average molecular weight is 242 g/mol. The predicted octanol–water partition coefficient (Wildman–Crippen LogP) is 0.635. The van der Waals surface area contributed by atoms with Crippen molar-refractivity contribution in [3.63, 3.8) is 0 Å². The molecule has 0 aromatic heterocycles. The van der Waals surface area contributed by atoms with Crippen molar-refractivity contribution in [2.24, 2.45) is 0 Å². The lowest BCUT2D eigenvalue weighted by Crippen LogP contribution is -2.51. The highest BCUT2D eigenvalue weighted by Gasteiger charge is 2.23. The van der Waals surface area contributed by atoms with Gasteiger partial charge in [-0.05, 0) is 13.8 Å². The van der Waals surface area contributed by atoms with Gasteiger partial charge in [-0.15, -0.1) is 0 Å². The van der Waals surface area contributed by atoms with Gasteiger partial charge >= 0.3 is 0 Å². The number of nitrogens with zero attached hydrogens (tertiary/aromatic N) is 3. The summed E-state index contributed by atoms with van der Waals surface area (Å²) in [7, 11) is 6.39. The predicted molar refractivity (Wildman–Crippen MR) is 70.8 cm³/mol. The van der Waals surface area contributed by atoms with Crippen molar-refractivity contribution in [1.29, 1.82) is 0 Å². The van der Waals surface area contributed by atoms with Crippen molar-refractivity contribution in [2.75, 3.05) is 53.9 Å². The number of amides is 1.